The molecule has 0 aromatic carbocycles. The maximum absolute atomic E-state index is 5.78. The maximum Gasteiger partial charge on any atom is 0.0102 e. The molecule has 0 rings (SSSR count). The topological polar surface area (TPSA) is 38.0 Å². The summed E-state index contributed by atoms with van der Waals surface area (Å²) in [5.41, 5.74) is 5.99. The number of hydrogen-bond acceptors (Lipinski definition) is 2. The molecule has 2 heteroatoms. The molecule has 0 fully saturated rings. The van der Waals surface area contributed by atoms with E-state index >= 15 is 0 Å². The van der Waals surface area contributed by atoms with E-state index in [1.54, 1.807) is 0 Å². The normalized spacial score (nSPS) is 13.8. The zero-order chi connectivity index (χ0) is 13.9. The van der Waals surface area contributed by atoms with Crippen LogP contribution in [0, 0.1) is 5.41 Å². The lowest BCUT2D eigenvalue weighted by Gasteiger charge is -2.31. The third kappa shape index (κ3) is 8.93. The minimum absolute atomic E-state index is 0.208. The van der Waals surface area contributed by atoms with Crippen LogP contribution >= 0.6 is 0 Å². The fraction of sp³-hybridized carbons (Fsp3) is 1.00. The largest absolute Gasteiger partial charge is 0.330 e. The van der Waals surface area contributed by atoms with Crippen LogP contribution in [0.4, 0.5) is 0 Å². The van der Waals surface area contributed by atoms with Crippen molar-refractivity contribution < 1.29 is 0 Å². The Hall–Kier alpha value is -0.0800. The molecule has 0 radical (unpaired) electrons. The molecular formula is C16H36N2. The summed E-state index contributed by atoms with van der Waals surface area (Å²) in [5.74, 6) is 0. The highest BCUT2D eigenvalue weighted by Crippen LogP contribution is 2.18. The Morgan fingerprint density at radius 2 is 1.44 bits per heavy atom. The van der Waals surface area contributed by atoms with Crippen LogP contribution < -0.4 is 11.1 Å². The van der Waals surface area contributed by atoms with Crippen molar-refractivity contribution in [1.29, 1.82) is 0 Å². The SMILES string of the molecule is CCCCCCCCCCNC(C)C(C)(C)CN. The molecule has 0 aliphatic carbocycles. The lowest BCUT2D eigenvalue weighted by atomic mass is 9.85. The van der Waals surface area contributed by atoms with E-state index in [2.05, 4.69) is 33.0 Å². The summed E-state index contributed by atoms with van der Waals surface area (Å²) >= 11 is 0. The van der Waals surface area contributed by atoms with Gasteiger partial charge in [-0.15, -0.1) is 0 Å². The van der Waals surface area contributed by atoms with Gasteiger partial charge in [-0.1, -0.05) is 65.7 Å². The maximum atomic E-state index is 5.78. The lowest BCUT2D eigenvalue weighted by Crippen LogP contribution is -2.44. The van der Waals surface area contributed by atoms with E-state index in [0.717, 1.165) is 13.1 Å². The molecule has 3 N–H and O–H groups in total. The highest BCUT2D eigenvalue weighted by molar-refractivity contribution is 4.81. The Bertz CT molecular complexity index is 178. The highest BCUT2D eigenvalue weighted by Gasteiger charge is 2.22. The van der Waals surface area contributed by atoms with Gasteiger partial charge in [-0.3, -0.25) is 0 Å². The van der Waals surface area contributed by atoms with E-state index in [0.29, 0.717) is 6.04 Å². The average Bonchev–Trinajstić information content (AvgIpc) is 2.36. The van der Waals surface area contributed by atoms with Crippen LogP contribution in [0.3, 0.4) is 0 Å². The molecule has 0 spiro atoms. The van der Waals surface area contributed by atoms with Gasteiger partial charge in [0.1, 0.15) is 0 Å². The molecule has 0 heterocycles. The van der Waals surface area contributed by atoms with Crippen molar-refractivity contribution in [1.82, 2.24) is 5.32 Å². The van der Waals surface area contributed by atoms with Crippen LogP contribution in [0.15, 0.2) is 0 Å². The Kier molecular flexibility index (Phi) is 10.8. The molecule has 110 valence electrons. The molecule has 0 aromatic rings. The molecule has 0 saturated heterocycles. The number of nitrogens with two attached hydrogens (primary N) is 1. The van der Waals surface area contributed by atoms with Crippen LogP contribution in [0.2, 0.25) is 0 Å². The number of nitrogens with one attached hydrogen (secondary N) is 1. The predicted octanol–water partition coefficient (Wildman–Crippen LogP) is 4.09. The van der Waals surface area contributed by atoms with Gasteiger partial charge in [-0.05, 0) is 31.8 Å². The molecule has 18 heavy (non-hydrogen) atoms. The van der Waals surface area contributed by atoms with Gasteiger partial charge in [-0.25, -0.2) is 0 Å². The quantitative estimate of drug-likeness (QED) is 0.516. The van der Waals surface area contributed by atoms with Crippen molar-refractivity contribution in [3.8, 4) is 0 Å². The van der Waals surface area contributed by atoms with Crippen molar-refractivity contribution in [2.45, 2.75) is 85.1 Å². The third-order valence-corrected chi connectivity index (χ3v) is 4.18. The molecule has 0 aliphatic rings. The summed E-state index contributed by atoms with van der Waals surface area (Å²) in [6, 6.07) is 0.507. The number of rotatable bonds is 12. The van der Waals surface area contributed by atoms with Gasteiger partial charge in [0.25, 0.3) is 0 Å². The third-order valence-electron chi connectivity index (χ3n) is 4.18. The second-order valence-electron chi connectivity index (χ2n) is 6.34. The van der Waals surface area contributed by atoms with Crippen LogP contribution in [0.25, 0.3) is 0 Å². The van der Waals surface area contributed by atoms with Crippen LogP contribution in [0.5, 0.6) is 0 Å². The smallest absolute Gasteiger partial charge is 0.0102 e. The van der Waals surface area contributed by atoms with Gasteiger partial charge < -0.3 is 11.1 Å². The number of hydrogen-bond donors (Lipinski definition) is 2. The summed E-state index contributed by atoms with van der Waals surface area (Å²) in [4.78, 5) is 0. The Morgan fingerprint density at radius 1 is 0.944 bits per heavy atom. The highest BCUT2D eigenvalue weighted by atomic mass is 14.9. The van der Waals surface area contributed by atoms with Crippen molar-refractivity contribution in [2.75, 3.05) is 13.1 Å². The summed E-state index contributed by atoms with van der Waals surface area (Å²) < 4.78 is 0. The zero-order valence-electron chi connectivity index (χ0n) is 13.2. The predicted molar refractivity (Wildman–Crippen MR) is 82.9 cm³/mol. The Morgan fingerprint density at radius 3 is 1.94 bits per heavy atom. The van der Waals surface area contributed by atoms with Crippen molar-refractivity contribution in [3.63, 3.8) is 0 Å². The van der Waals surface area contributed by atoms with E-state index in [9.17, 15) is 0 Å². The molecule has 2 nitrogen and oxygen atoms in total. The van der Waals surface area contributed by atoms with Gasteiger partial charge in [0.05, 0.1) is 0 Å². The first-order chi connectivity index (χ1) is 8.54. The minimum Gasteiger partial charge on any atom is -0.330 e. The van der Waals surface area contributed by atoms with Gasteiger partial charge >= 0.3 is 0 Å². The second kappa shape index (κ2) is 10.8. The molecule has 0 saturated carbocycles. The Labute approximate surface area is 115 Å². The first kappa shape index (κ1) is 17.9. The standard InChI is InChI=1S/C16H36N2/c1-5-6-7-8-9-10-11-12-13-18-15(2)16(3,4)14-17/h15,18H,5-14,17H2,1-4H3. The summed E-state index contributed by atoms with van der Waals surface area (Å²) in [7, 11) is 0. The first-order valence-electron chi connectivity index (χ1n) is 7.98. The summed E-state index contributed by atoms with van der Waals surface area (Å²) in [6.07, 6.45) is 11.1. The molecule has 0 bridgehead atoms. The molecular weight excluding hydrogens is 220 g/mol. The lowest BCUT2D eigenvalue weighted by molar-refractivity contribution is 0.265. The molecule has 1 atom stereocenters. The Balaban J connectivity index is 3.30. The second-order valence-corrected chi connectivity index (χ2v) is 6.34. The molecule has 1 unspecified atom stereocenters. The van der Waals surface area contributed by atoms with E-state index < -0.39 is 0 Å². The average molecular weight is 256 g/mol. The minimum atomic E-state index is 0.208. The van der Waals surface area contributed by atoms with Crippen LogP contribution in [-0.4, -0.2) is 19.1 Å². The molecule has 0 aliphatic heterocycles. The van der Waals surface area contributed by atoms with Gasteiger partial charge in [0, 0.05) is 6.04 Å². The van der Waals surface area contributed by atoms with Crippen molar-refractivity contribution in [3.05, 3.63) is 0 Å². The molecule has 0 aromatic heterocycles. The fourth-order valence-electron chi connectivity index (χ4n) is 2.03. The van der Waals surface area contributed by atoms with E-state index in [1.165, 1.54) is 51.4 Å². The monoisotopic (exact) mass is 256 g/mol. The summed E-state index contributed by atoms with van der Waals surface area (Å²) in [5, 5.41) is 3.61. The van der Waals surface area contributed by atoms with E-state index in [-0.39, 0.29) is 5.41 Å². The van der Waals surface area contributed by atoms with E-state index in [4.69, 9.17) is 5.73 Å². The van der Waals surface area contributed by atoms with Crippen LogP contribution in [0.1, 0.15) is 79.1 Å². The van der Waals surface area contributed by atoms with Gasteiger partial charge in [0.15, 0.2) is 0 Å². The van der Waals surface area contributed by atoms with Gasteiger partial charge in [0.2, 0.25) is 0 Å². The first-order valence-corrected chi connectivity index (χ1v) is 7.98. The van der Waals surface area contributed by atoms with Crippen LogP contribution in [-0.2, 0) is 0 Å². The van der Waals surface area contributed by atoms with Gasteiger partial charge in [-0.2, -0.15) is 0 Å². The van der Waals surface area contributed by atoms with Crippen molar-refractivity contribution >= 4 is 0 Å². The number of unbranched alkanes of at least 4 members (excludes halogenated alkanes) is 7. The zero-order valence-corrected chi connectivity index (χ0v) is 13.2. The summed E-state index contributed by atoms with van der Waals surface area (Å²) in [6.45, 7) is 10.9. The fourth-order valence-corrected chi connectivity index (χ4v) is 2.03. The molecule has 0 amide bonds. The van der Waals surface area contributed by atoms with Crippen molar-refractivity contribution in [2.24, 2.45) is 11.1 Å². The van der Waals surface area contributed by atoms with E-state index in [1.807, 2.05) is 0 Å².